The van der Waals surface area contributed by atoms with E-state index in [4.69, 9.17) is 11.1 Å². The second kappa shape index (κ2) is 5.66. The normalized spacial score (nSPS) is 10.6. The van der Waals surface area contributed by atoms with E-state index in [1.165, 1.54) is 5.56 Å². The molecule has 3 N–H and O–H groups in total. The highest BCUT2D eigenvalue weighted by atomic mass is 79.9. The third-order valence-corrected chi connectivity index (χ3v) is 3.96. The summed E-state index contributed by atoms with van der Waals surface area (Å²) in [6.45, 7) is 2.58. The van der Waals surface area contributed by atoms with Crippen molar-refractivity contribution in [1.82, 2.24) is 9.78 Å². The monoisotopic (exact) mass is 335 g/mol. The van der Waals surface area contributed by atoms with Crippen LogP contribution in [0.25, 0.3) is 0 Å². The third-order valence-electron chi connectivity index (χ3n) is 3.19. The molecular weight excluding hydrogens is 318 g/mol. The van der Waals surface area contributed by atoms with Crippen LogP contribution in [0.5, 0.6) is 0 Å². The van der Waals surface area contributed by atoms with E-state index in [2.05, 4.69) is 32.0 Å². The summed E-state index contributed by atoms with van der Waals surface area (Å²) in [7, 11) is 3.84. The SMILES string of the molecule is Cc1nn(C)c(N(C)Cc2ccccc2Br)c1C(=N)N. The first-order valence-electron chi connectivity index (χ1n) is 6.24. The lowest BCUT2D eigenvalue weighted by Gasteiger charge is -2.21. The van der Waals surface area contributed by atoms with Gasteiger partial charge in [0.15, 0.2) is 0 Å². The lowest BCUT2D eigenvalue weighted by atomic mass is 10.2. The average molecular weight is 336 g/mol. The van der Waals surface area contributed by atoms with Gasteiger partial charge in [-0.15, -0.1) is 0 Å². The molecule has 0 fully saturated rings. The minimum absolute atomic E-state index is 0.0459. The smallest absolute Gasteiger partial charge is 0.137 e. The van der Waals surface area contributed by atoms with Gasteiger partial charge < -0.3 is 10.6 Å². The Labute approximate surface area is 127 Å². The van der Waals surface area contributed by atoms with Crippen molar-refractivity contribution >= 4 is 27.6 Å². The summed E-state index contributed by atoms with van der Waals surface area (Å²) in [6.07, 6.45) is 0. The molecule has 0 amide bonds. The Kier molecular flexibility index (Phi) is 4.13. The van der Waals surface area contributed by atoms with Crippen molar-refractivity contribution < 1.29 is 0 Å². The molecule has 0 unspecified atom stereocenters. The zero-order valence-corrected chi connectivity index (χ0v) is 13.4. The zero-order valence-electron chi connectivity index (χ0n) is 11.8. The summed E-state index contributed by atoms with van der Waals surface area (Å²) in [5.74, 6) is 0.898. The van der Waals surface area contributed by atoms with Crippen molar-refractivity contribution in [2.75, 3.05) is 11.9 Å². The van der Waals surface area contributed by atoms with Gasteiger partial charge in [-0.25, -0.2) is 0 Å². The third kappa shape index (κ3) is 2.70. The molecular formula is C14H18BrN5. The predicted molar refractivity (Wildman–Crippen MR) is 85.2 cm³/mol. The molecule has 0 aliphatic rings. The number of nitrogens with zero attached hydrogens (tertiary/aromatic N) is 3. The van der Waals surface area contributed by atoms with Crippen molar-refractivity contribution in [3.05, 3.63) is 45.6 Å². The predicted octanol–water partition coefficient (Wildman–Crippen LogP) is 2.41. The Morgan fingerprint density at radius 1 is 1.45 bits per heavy atom. The molecule has 0 bridgehead atoms. The molecule has 0 aliphatic carbocycles. The van der Waals surface area contributed by atoms with E-state index < -0.39 is 0 Å². The molecule has 2 aromatic rings. The van der Waals surface area contributed by atoms with Crippen molar-refractivity contribution in [3.8, 4) is 0 Å². The van der Waals surface area contributed by atoms with Crippen molar-refractivity contribution in [3.63, 3.8) is 0 Å². The molecule has 6 heteroatoms. The van der Waals surface area contributed by atoms with E-state index in [1.54, 1.807) is 4.68 Å². The van der Waals surface area contributed by atoms with Crippen LogP contribution in [0.3, 0.4) is 0 Å². The van der Waals surface area contributed by atoms with Gasteiger partial charge in [-0.05, 0) is 18.6 Å². The minimum Gasteiger partial charge on any atom is -0.384 e. The van der Waals surface area contributed by atoms with Gasteiger partial charge in [0, 0.05) is 25.1 Å². The number of hydrogen-bond acceptors (Lipinski definition) is 3. The van der Waals surface area contributed by atoms with Crippen molar-refractivity contribution in [1.29, 1.82) is 5.41 Å². The highest BCUT2D eigenvalue weighted by Crippen LogP contribution is 2.25. The van der Waals surface area contributed by atoms with E-state index >= 15 is 0 Å². The average Bonchev–Trinajstić information content (AvgIpc) is 2.67. The highest BCUT2D eigenvalue weighted by Gasteiger charge is 2.19. The summed E-state index contributed by atoms with van der Waals surface area (Å²) < 4.78 is 2.83. The first-order chi connectivity index (χ1) is 9.41. The number of benzene rings is 1. The number of halogens is 1. The van der Waals surface area contributed by atoms with Gasteiger partial charge in [0.05, 0.1) is 11.3 Å². The summed E-state index contributed by atoms with van der Waals surface area (Å²) in [5.41, 5.74) is 8.32. The summed E-state index contributed by atoms with van der Waals surface area (Å²) >= 11 is 3.55. The lowest BCUT2D eigenvalue weighted by molar-refractivity contribution is 0.726. The fourth-order valence-electron chi connectivity index (χ4n) is 2.36. The molecule has 1 aromatic carbocycles. The van der Waals surface area contributed by atoms with Crippen LogP contribution in [-0.2, 0) is 13.6 Å². The maximum atomic E-state index is 7.73. The maximum Gasteiger partial charge on any atom is 0.137 e. The molecule has 0 saturated heterocycles. The van der Waals surface area contributed by atoms with Gasteiger partial charge in [-0.1, -0.05) is 34.1 Å². The molecule has 5 nitrogen and oxygen atoms in total. The molecule has 106 valence electrons. The van der Waals surface area contributed by atoms with Crippen LogP contribution in [0.15, 0.2) is 28.7 Å². The molecule has 0 radical (unpaired) electrons. The summed E-state index contributed by atoms with van der Waals surface area (Å²) in [4.78, 5) is 2.05. The summed E-state index contributed by atoms with van der Waals surface area (Å²) in [5, 5.41) is 12.1. The van der Waals surface area contributed by atoms with Crippen LogP contribution in [0.4, 0.5) is 5.82 Å². The first-order valence-corrected chi connectivity index (χ1v) is 7.03. The topological polar surface area (TPSA) is 70.9 Å². The maximum absolute atomic E-state index is 7.73. The second-order valence-electron chi connectivity index (χ2n) is 4.77. The lowest BCUT2D eigenvalue weighted by Crippen LogP contribution is -2.24. The fraction of sp³-hybridized carbons (Fsp3) is 0.286. The number of nitrogens with two attached hydrogens (primary N) is 1. The molecule has 2 rings (SSSR count). The van der Waals surface area contributed by atoms with Crippen LogP contribution in [0.2, 0.25) is 0 Å². The van der Waals surface area contributed by atoms with E-state index in [1.807, 2.05) is 39.2 Å². The molecule has 1 heterocycles. The van der Waals surface area contributed by atoms with E-state index in [0.717, 1.165) is 16.0 Å². The van der Waals surface area contributed by atoms with Gasteiger partial charge in [-0.2, -0.15) is 5.10 Å². The molecule has 1 aromatic heterocycles. The summed E-state index contributed by atoms with van der Waals surface area (Å²) in [6, 6.07) is 8.08. The van der Waals surface area contributed by atoms with Crippen LogP contribution >= 0.6 is 15.9 Å². The minimum atomic E-state index is 0.0459. The number of rotatable bonds is 4. The molecule has 0 saturated carbocycles. The number of nitrogens with one attached hydrogen (secondary N) is 1. The van der Waals surface area contributed by atoms with Crippen molar-refractivity contribution in [2.45, 2.75) is 13.5 Å². The van der Waals surface area contributed by atoms with Crippen LogP contribution < -0.4 is 10.6 Å². The second-order valence-corrected chi connectivity index (χ2v) is 5.62. The molecule has 0 spiro atoms. The van der Waals surface area contributed by atoms with Gasteiger partial charge in [0.1, 0.15) is 11.7 Å². The number of amidine groups is 1. The van der Waals surface area contributed by atoms with Gasteiger partial charge in [0.2, 0.25) is 0 Å². The largest absolute Gasteiger partial charge is 0.384 e. The Balaban J connectivity index is 2.37. The van der Waals surface area contributed by atoms with E-state index in [-0.39, 0.29) is 5.84 Å². The van der Waals surface area contributed by atoms with Gasteiger partial charge >= 0.3 is 0 Å². The van der Waals surface area contributed by atoms with Crippen LogP contribution in [0, 0.1) is 12.3 Å². The molecule has 20 heavy (non-hydrogen) atoms. The van der Waals surface area contributed by atoms with Crippen molar-refractivity contribution in [2.24, 2.45) is 12.8 Å². The molecule has 0 aliphatic heterocycles. The van der Waals surface area contributed by atoms with Gasteiger partial charge in [-0.3, -0.25) is 10.1 Å². The Hall–Kier alpha value is -1.82. The van der Waals surface area contributed by atoms with E-state index in [9.17, 15) is 0 Å². The van der Waals surface area contributed by atoms with Crippen LogP contribution in [0.1, 0.15) is 16.8 Å². The Bertz CT molecular complexity index is 647. The van der Waals surface area contributed by atoms with Crippen LogP contribution in [-0.4, -0.2) is 22.7 Å². The number of nitrogen functional groups attached to an aromatic ring is 1. The number of hydrogen-bond donors (Lipinski definition) is 2. The standard InChI is InChI=1S/C14H18BrN5/c1-9-12(13(16)17)14(20(3)18-9)19(2)8-10-6-4-5-7-11(10)15/h4-7H,8H2,1-3H3,(H3,16,17). The quantitative estimate of drug-likeness (QED) is 0.665. The van der Waals surface area contributed by atoms with Gasteiger partial charge in [0.25, 0.3) is 0 Å². The number of anilines is 1. The highest BCUT2D eigenvalue weighted by molar-refractivity contribution is 9.10. The first kappa shape index (κ1) is 14.6. The van der Waals surface area contributed by atoms with E-state index in [0.29, 0.717) is 12.1 Å². The zero-order chi connectivity index (χ0) is 14.9. The molecule has 0 atom stereocenters. The Morgan fingerprint density at radius 3 is 2.70 bits per heavy atom. The number of aromatic nitrogens is 2. The fourth-order valence-corrected chi connectivity index (χ4v) is 2.77. The Morgan fingerprint density at radius 2 is 2.10 bits per heavy atom. The number of aryl methyl sites for hydroxylation is 2.